The molecule has 0 aliphatic heterocycles. The van der Waals surface area contributed by atoms with Crippen molar-refractivity contribution in [2.24, 2.45) is 0 Å². The summed E-state index contributed by atoms with van der Waals surface area (Å²) in [7, 11) is 0. The van der Waals surface area contributed by atoms with Gasteiger partial charge in [0.15, 0.2) is 5.16 Å². The van der Waals surface area contributed by atoms with Gasteiger partial charge in [-0.3, -0.25) is 14.2 Å². The first-order valence-corrected chi connectivity index (χ1v) is 10.7. The van der Waals surface area contributed by atoms with Crippen molar-refractivity contribution < 1.29 is 9.18 Å². The fourth-order valence-corrected chi connectivity index (χ4v) is 4.02. The molecule has 0 aliphatic carbocycles. The third-order valence-electron chi connectivity index (χ3n) is 4.78. The van der Waals surface area contributed by atoms with Crippen molar-refractivity contribution in [3.63, 3.8) is 0 Å². The second-order valence-electron chi connectivity index (χ2n) is 7.27. The molecule has 0 fully saturated rings. The molecule has 0 radical (unpaired) electrons. The van der Waals surface area contributed by atoms with Crippen LogP contribution in [0.1, 0.15) is 16.8 Å². The van der Waals surface area contributed by atoms with Crippen LogP contribution in [0.5, 0.6) is 0 Å². The highest BCUT2D eigenvalue weighted by Gasteiger charge is 2.16. The molecule has 4 aromatic rings. The van der Waals surface area contributed by atoms with E-state index in [0.29, 0.717) is 28.4 Å². The van der Waals surface area contributed by atoms with Crippen LogP contribution >= 0.6 is 11.8 Å². The Balaban J connectivity index is 1.57. The molecule has 1 amide bonds. The average molecular weight is 437 g/mol. The molecule has 8 heteroatoms. The number of nitrogens with one attached hydrogen (secondary N) is 2. The zero-order valence-electron chi connectivity index (χ0n) is 17.1. The molecule has 0 aliphatic rings. The topological polar surface area (TPSA) is 79.8 Å². The summed E-state index contributed by atoms with van der Waals surface area (Å²) in [5, 5.41) is 3.25. The van der Waals surface area contributed by atoms with Crippen LogP contribution in [0.2, 0.25) is 0 Å². The number of thioether (sulfide) groups is 1. The van der Waals surface area contributed by atoms with Crippen molar-refractivity contribution in [1.82, 2.24) is 19.9 Å². The maximum atomic E-state index is 13.2. The van der Waals surface area contributed by atoms with Crippen molar-refractivity contribution in [3.05, 3.63) is 87.6 Å². The summed E-state index contributed by atoms with van der Waals surface area (Å²) in [6.07, 6.45) is 0. The number of rotatable bonds is 6. The van der Waals surface area contributed by atoms with Gasteiger partial charge >= 0.3 is 0 Å². The van der Waals surface area contributed by atoms with E-state index in [1.54, 1.807) is 12.1 Å². The molecule has 158 valence electrons. The first-order valence-electron chi connectivity index (χ1n) is 9.74. The van der Waals surface area contributed by atoms with E-state index in [2.05, 4.69) is 15.3 Å². The van der Waals surface area contributed by atoms with Crippen LogP contribution in [0, 0.1) is 19.7 Å². The smallest absolute Gasteiger partial charge is 0.283 e. The highest BCUT2D eigenvalue weighted by Crippen LogP contribution is 2.22. The van der Waals surface area contributed by atoms with E-state index in [1.165, 1.54) is 28.5 Å². The molecule has 2 N–H and O–H groups in total. The van der Waals surface area contributed by atoms with Gasteiger partial charge in [0.25, 0.3) is 5.56 Å². The second-order valence-corrected chi connectivity index (χ2v) is 8.22. The molecule has 4 rings (SSSR count). The Morgan fingerprint density at radius 2 is 1.84 bits per heavy atom. The standard InChI is InChI=1S/C23H21FN4O2S/c1-14-3-9-18(10-4-14)28-22(30)21-19(11-15(2)26-21)27-23(28)31-13-20(29)25-12-16-5-7-17(24)8-6-16/h3-11,26H,12-13H2,1-2H3,(H,25,29). The fourth-order valence-electron chi connectivity index (χ4n) is 3.18. The van der Waals surface area contributed by atoms with Gasteiger partial charge in [0.2, 0.25) is 5.91 Å². The third-order valence-corrected chi connectivity index (χ3v) is 5.72. The quantitative estimate of drug-likeness (QED) is 0.355. The van der Waals surface area contributed by atoms with E-state index in [0.717, 1.165) is 16.8 Å². The van der Waals surface area contributed by atoms with Crippen molar-refractivity contribution in [1.29, 1.82) is 0 Å². The number of benzene rings is 2. The maximum Gasteiger partial charge on any atom is 0.283 e. The summed E-state index contributed by atoms with van der Waals surface area (Å²) in [5.74, 6) is -0.431. The zero-order chi connectivity index (χ0) is 22.0. The number of hydrogen-bond acceptors (Lipinski definition) is 4. The Labute approximate surface area is 182 Å². The molecule has 0 bridgehead atoms. The number of carbonyl (C=O) groups is 1. The van der Waals surface area contributed by atoms with Crippen LogP contribution in [0.25, 0.3) is 16.7 Å². The summed E-state index contributed by atoms with van der Waals surface area (Å²) in [4.78, 5) is 33.3. The summed E-state index contributed by atoms with van der Waals surface area (Å²) in [6.45, 7) is 4.14. The average Bonchev–Trinajstić information content (AvgIpc) is 3.13. The van der Waals surface area contributed by atoms with Crippen LogP contribution < -0.4 is 10.9 Å². The van der Waals surface area contributed by atoms with Gasteiger partial charge in [-0.05, 0) is 49.7 Å². The Bertz CT molecular complexity index is 1290. The first kappa shape index (κ1) is 20.9. The van der Waals surface area contributed by atoms with Crippen LogP contribution in [0.3, 0.4) is 0 Å². The van der Waals surface area contributed by atoms with Gasteiger partial charge in [0.05, 0.1) is 17.0 Å². The number of halogens is 1. The van der Waals surface area contributed by atoms with Crippen molar-refractivity contribution >= 4 is 28.7 Å². The Morgan fingerprint density at radius 3 is 2.55 bits per heavy atom. The number of carbonyl (C=O) groups excluding carboxylic acids is 1. The number of fused-ring (bicyclic) bond motifs is 1. The predicted octanol–water partition coefficient (Wildman–Crippen LogP) is 3.88. The number of aryl methyl sites for hydroxylation is 2. The molecule has 31 heavy (non-hydrogen) atoms. The van der Waals surface area contributed by atoms with E-state index < -0.39 is 0 Å². The van der Waals surface area contributed by atoms with Gasteiger partial charge in [0.1, 0.15) is 11.3 Å². The van der Waals surface area contributed by atoms with Crippen LogP contribution in [0.4, 0.5) is 4.39 Å². The normalized spacial score (nSPS) is 11.1. The lowest BCUT2D eigenvalue weighted by Gasteiger charge is -2.12. The summed E-state index contributed by atoms with van der Waals surface area (Å²) in [6, 6.07) is 15.4. The molecule has 0 spiro atoms. The van der Waals surface area contributed by atoms with E-state index in [4.69, 9.17) is 0 Å². The molecular formula is C23H21FN4O2S. The minimum Gasteiger partial charge on any atom is -0.353 e. The monoisotopic (exact) mass is 436 g/mol. The summed E-state index contributed by atoms with van der Waals surface area (Å²) >= 11 is 1.20. The molecule has 6 nitrogen and oxygen atoms in total. The van der Waals surface area contributed by atoms with E-state index >= 15 is 0 Å². The first-order chi connectivity index (χ1) is 14.9. The van der Waals surface area contributed by atoms with E-state index in [9.17, 15) is 14.0 Å². The largest absolute Gasteiger partial charge is 0.353 e. The highest BCUT2D eigenvalue weighted by atomic mass is 32.2. The van der Waals surface area contributed by atoms with Crippen LogP contribution in [-0.2, 0) is 11.3 Å². The van der Waals surface area contributed by atoms with Crippen molar-refractivity contribution in [3.8, 4) is 5.69 Å². The molecule has 2 heterocycles. The van der Waals surface area contributed by atoms with Gasteiger partial charge < -0.3 is 10.3 Å². The van der Waals surface area contributed by atoms with Gasteiger partial charge in [-0.1, -0.05) is 41.6 Å². The molecule has 0 saturated carbocycles. The van der Waals surface area contributed by atoms with Gasteiger partial charge in [-0.2, -0.15) is 0 Å². The summed E-state index contributed by atoms with van der Waals surface area (Å²) < 4.78 is 14.5. The molecule has 0 unspecified atom stereocenters. The fraction of sp³-hybridized carbons (Fsp3) is 0.174. The third kappa shape index (κ3) is 4.69. The number of amides is 1. The van der Waals surface area contributed by atoms with Crippen molar-refractivity contribution in [2.45, 2.75) is 25.5 Å². The molecule has 2 aromatic carbocycles. The lowest BCUT2D eigenvalue weighted by Crippen LogP contribution is -2.26. The van der Waals surface area contributed by atoms with Crippen LogP contribution in [0.15, 0.2) is 64.5 Å². The number of aromatic amines is 1. The van der Waals surface area contributed by atoms with Crippen molar-refractivity contribution in [2.75, 3.05) is 5.75 Å². The second kappa shape index (κ2) is 8.77. The van der Waals surface area contributed by atoms with Crippen LogP contribution in [-0.4, -0.2) is 26.2 Å². The minimum absolute atomic E-state index is 0.0917. The number of hydrogen-bond donors (Lipinski definition) is 2. The molecule has 2 aromatic heterocycles. The molecular weight excluding hydrogens is 415 g/mol. The minimum atomic E-state index is -0.318. The van der Waals surface area contributed by atoms with Gasteiger partial charge in [-0.25, -0.2) is 9.37 Å². The maximum absolute atomic E-state index is 13.2. The molecule has 0 atom stereocenters. The predicted molar refractivity (Wildman–Crippen MR) is 120 cm³/mol. The van der Waals surface area contributed by atoms with E-state index in [-0.39, 0.29) is 23.0 Å². The van der Waals surface area contributed by atoms with Gasteiger partial charge in [-0.15, -0.1) is 0 Å². The Kier molecular flexibility index (Phi) is 5.90. The Morgan fingerprint density at radius 1 is 1.13 bits per heavy atom. The Hall–Kier alpha value is -3.39. The SMILES string of the molecule is Cc1ccc(-n2c(SCC(=O)NCc3ccc(F)cc3)nc3cc(C)[nH]c3c2=O)cc1. The summed E-state index contributed by atoms with van der Waals surface area (Å²) in [5.41, 5.74) is 4.20. The lowest BCUT2D eigenvalue weighted by atomic mass is 10.2. The number of H-pyrrole nitrogens is 1. The number of nitrogens with zero attached hydrogens (tertiary/aromatic N) is 2. The lowest BCUT2D eigenvalue weighted by molar-refractivity contribution is -0.118. The zero-order valence-corrected chi connectivity index (χ0v) is 17.9. The highest BCUT2D eigenvalue weighted by molar-refractivity contribution is 7.99. The number of aromatic nitrogens is 3. The van der Waals surface area contributed by atoms with Gasteiger partial charge in [0, 0.05) is 12.2 Å². The van der Waals surface area contributed by atoms with E-state index in [1.807, 2.05) is 44.2 Å². The molecule has 0 saturated heterocycles.